The van der Waals surface area contributed by atoms with Crippen molar-refractivity contribution in [1.82, 2.24) is 19.7 Å². The van der Waals surface area contributed by atoms with Crippen molar-refractivity contribution < 1.29 is 19.0 Å². The molecule has 37 heavy (non-hydrogen) atoms. The van der Waals surface area contributed by atoms with Crippen LogP contribution in [0.1, 0.15) is 21.6 Å². The maximum absolute atomic E-state index is 12.0. The van der Waals surface area contributed by atoms with Crippen molar-refractivity contribution in [3.05, 3.63) is 95.9 Å². The average Bonchev–Trinajstić information content (AvgIpc) is 3.27. The molecule has 1 N–H and O–H groups in total. The van der Waals surface area contributed by atoms with Gasteiger partial charge >= 0.3 is 5.97 Å². The Morgan fingerprint density at radius 1 is 0.919 bits per heavy atom. The Balaban J connectivity index is 1.57. The lowest BCUT2D eigenvalue weighted by atomic mass is 10.2. The number of aryl methyl sites for hydroxylation is 1. The monoisotopic (exact) mass is 495 g/mol. The summed E-state index contributed by atoms with van der Waals surface area (Å²) >= 11 is 0. The zero-order valence-corrected chi connectivity index (χ0v) is 20.6. The molecule has 0 aliphatic rings. The van der Waals surface area contributed by atoms with Gasteiger partial charge in [0.25, 0.3) is 0 Å². The van der Waals surface area contributed by atoms with E-state index in [4.69, 9.17) is 19.3 Å². The van der Waals surface area contributed by atoms with Crippen LogP contribution < -0.4 is 14.8 Å². The van der Waals surface area contributed by atoms with E-state index in [1.54, 1.807) is 31.5 Å². The minimum Gasteiger partial charge on any atom is -0.497 e. The number of hydrogen-bond acceptors (Lipinski definition) is 8. The summed E-state index contributed by atoms with van der Waals surface area (Å²) in [6.07, 6.45) is 3.23. The molecule has 0 aliphatic carbocycles. The standard InChI is InChI=1S/C28H25N5O4/c1-18-4-8-22(9-5-18)37-24-13-15-30-27-25(24)26(31-20-12-14-29-23(16-20)28(34)36-3)32-33(27)17-19-6-10-21(35-2)11-7-19/h4-16H,17H2,1-3H3,(H,29,31,32). The SMILES string of the molecule is COC(=O)c1cc(Nc2nn(Cc3ccc(OC)cc3)c3nccc(Oc4ccc(C)cc4)c23)ccn1. The van der Waals surface area contributed by atoms with Gasteiger partial charge in [0.2, 0.25) is 0 Å². The highest BCUT2D eigenvalue weighted by atomic mass is 16.5. The number of rotatable bonds is 8. The fourth-order valence-electron chi connectivity index (χ4n) is 3.85. The van der Waals surface area contributed by atoms with E-state index in [1.807, 2.05) is 60.1 Å². The molecule has 0 radical (unpaired) electrons. The molecule has 0 unspecified atom stereocenters. The summed E-state index contributed by atoms with van der Waals surface area (Å²) in [5.41, 5.74) is 3.62. The molecule has 5 aromatic rings. The number of methoxy groups -OCH3 is 2. The molecule has 0 bridgehead atoms. The second-order valence-corrected chi connectivity index (χ2v) is 8.32. The van der Waals surface area contributed by atoms with Gasteiger partial charge in [0, 0.05) is 24.1 Å². The zero-order chi connectivity index (χ0) is 25.8. The summed E-state index contributed by atoms with van der Waals surface area (Å²) in [6, 6.07) is 20.8. The molecule has 0 fully saturated rings. The van der Waals surface area contributed by atoms with E-state index in [2.05, 4.69) is 15.3 Å². The fourth-order valence-corrected chi connectivity index (χ4v) is 3.85. The summed E-state index contributed by atoms with van der Waals surface area (Å²) in [5, 5.41) is 8.84. The lowest BCUT2D eigenvalue weighted by Crippen LogP contribution is -2.05. The normalized spacial score (nSPS) is 10.8. The molecule has 0 atom stereocenters. The number of nitrogens with zero attached hydrogens (tertiary/aromatic N) is 4. The number of hydrogen-bond donors (Lipinski definition) is 1. The molecule has 5 rings (SSSR count). The number of ether oxygens (including phenoxy) is 3. The molecule has 0 aliphatic heterocycles. The van der Waals surface area contributed by atoms with Crippen LogP contribution in [0.3, 0.4) is 0 Å². The van der Waals surface area contributed by atoms with E-state index >= 15 is 0 Å². The first-order valence-corrected chi connectivity index (χ1v) is 11.6. The van der Waals surface area contributed by atoms with E-state index in [0.29, 0.717) is 40.6 Å². The number of pyridine rings is 2. The summed E-state index contributed by atoms with van der Waals surface area (Å²) in [6.45, 7) is 2.50. The van der Waals surface area contributed by atoms with Gasteiger partial charge in [-0.2, -0.15) is 5.10 Å². The fraction of sp³-hybridized carbons (Fsp3) is 0.143. The quantitative estimate of drug-likeness (QED) is 0.281. The average molecular weight is 496 g/mol. The Hall–Kier alpha value is -4.92. The molecule has 9 heteroatoms. The zero-order valence-electron chi connectivity index (χ0n) is 20.6. The number of anilines is 2. The Bertz CT molecular complexity index is 1550. The Kier molecular flexibility index (Phi) is 6.67. The maximum atomic E-state index is 12.0. The molecular formula is C28H25N5O4. The van der Waals surface area contributed by atoms with E-state index in [9.17, 15) is 4.79 Å². The Morgan fingerprint density at radius 2 is 1.65 bits per heavy atom. The third kappa shape index (κ3) is 5.20. The van der Waals surface area contributed by atoms with Crippen molar-refractivity contribution >= 4 is 28.5 Å². The van der Waals surface area contributed by atoms with Crippen molar-refractivity contribution in [2.24, 2.45) is 0 Å². The number of nitrogens with one attached hydrogen (secondary N) is 1. The lowest BCUT2D eigenvalue weighted by Gasteiger charge is -2.09. The topological polar surface area (TPSA) is 100 Å². The van der Waals surface area contributed by atoms with E-state index in [0.717, 1.165) is 16.9 Å². The molecule has 186 valence electrons. The number of aromatic nitrogens is 4. The molecule has 3 heterocycles. The predicted molar refractivity (Wildman–Crippen MR) is 140 cm³/mol. The van der Waals surface area contributed by atoms with Gasteiger partial charge in [0.15, 0.2) is 11.5 Å². The summed E-state index contributed by atoms with van der Waals surface area (Å²) in [4.78, 5) is 20.7. The van der Waals surface area contributed by atoms with E-state index in [1.165, 1.54) is 13.3 Å². The minimum atomic E-state index is -0.524. The maximum Gasteiger partial charge on any atom is 0.356 e. The number of carbonyl (C=O) groups excluding carboxylic acids is 1. The van der Waals surface area contributed by atoms with Gasteiger partial charge in [0.1, 0.15) is 28.3 Å². The van der Waals surface area contributed by atoms with Crippen molar-refractivity contribution in [3.8, 4) is 17.2 Å². The second-order valence-electron chi connectivity index (χ2n) is 8.32. The van der Waals surface area contributed by atoms with Gasteiger partial charge < -0.3 is 19.5 Å². The third-order valence-corrected chi connectivity index (χ3v) is 5.75. The number of fused-ring (bicyclic) bond motifs is 1. The molecule has 2 aromatic carbocycles. The van der Waals surface area contributed by atoms with Crippen LogP contribution in [0.2, 0.25) is 0 Å². The van der Waals surface area contributed by atoms with Crippen molar-refractivity contribution in [1.29, 1.82) is 0 Å². The summed E-state index contributed by atoms with van der Waals surface area (Å²) < 4.78 is 18.2. The van der Waals surface area contributed by atoms with Crippen LogP contribution in [-0.2, 0) is 11.3 Å². The van der Waals surface area contributed by atoms with Gasteiger partial charge in [-0.25, -0.2) is 19.4 Å². The molecule has 0 amide bonds. The van der Waals surface area contributed by atoms with E-state index in [-0.39, 0.29) is 5.69 Å². The van der Waals surface area contributed by atoms with Gasteiger partial charge in [-0.15, -0.1) is 0 Å². The van der Waals surface area contributed by atoms with Crippen LogP contribution in [0, 0.1) is 6.92 Å². The van der Waals surface area contributed by atoms with E-state index < -0.39 is 5.97 Å². The molecule has 0 spiro atoms. The summed E-state index contributed by atoms with van der Waals surface area (Å²) in [5.74, 6) is 2.08. The summed E-state index contributed by atoms with van der Waals surface area (Å²) in [7, 11) is 2.96. The molecule has 0 saturated carbocycles. The van der Waals surface area contributed by atoms with Crippen LogP contribution >= 0.6 is 0 Å². The number of esters is 1. The number of benzene rings is 2. The van der Waals surface area contributed by atoms with Crippen LogP contribution in [0.5, 0.6) is 17.2 Å². The highest BCUT2D eigenvalue weighted by Crippen LogP contribution is 2.35. The van der Waals surface area contributed by atoms with Crippen LogP contribution in [0.15, 0.2) is 79.1 Å². The molecule has 0 saturated heterocycles. The first-order valence-electron chi connectivity index (χ1n) is 11.6. The first-order chi connectivity index (χ1) is 18.0. The van der Waals surface area contributed by atoms with Crippen LogP contribution in [-0.4, -0.2) is 39.9 Å². The van der Waals surface area contributed by atoms with Crippen molar-refractivity contribution in [2.75, 3.05) is 19.5 Å². The highest BCUT2D eigenvalue weighted by Gasteiger charge is 2.19. The largest absolute Gasteiger partial charge is 0.497 e. The minimum absolute atomic E-state index is 0.184. The van der Waals surface area contributed by atoms with Crippen molar-refractivity contribution in [3.63, 3.8) is 0 Å². The lowest BCUT2D eigenvalue weighted by molar-refractivity contribution is 0.0594. The third-order valence-electron chi connectivity index (χ3n) is 5.75. The smallest absolute Gasteiger partial charge is 0.356 e. The second kappa shape index (κ2) is 10.4. The molecule has 3 aromatic heterocycles. The van der Waals surface area contributed by atoms with Gasteiger partial charge in [0.05, 0.1) is 20.8 Å². The molecular weight excluding hydrogens is 470 g/mol. The van der Waals surface area contributed by atoms with Crippen LogP contribution in [0.4, 0.5) is 11.5 Å². The predicted octanol–water partition coefficient (Wildman–Crippen LogP) is 5.51. The van der Waals surface area contributed by atoms with Crippen LogP contribution in [0.25, 0.3) is 11.0 Å². The van der Waals surface area contributed by atoms with Gasteiger partial charge in [-0.3, -0.25) is 0 Å². The van der Waals surface area contributed by atoms with Crippen molar-refractivity contribution in [2.45, 2.75) is 13.5 Å². The van der Waals surface area contributed by atoms with Gasteiger partial charge in [-0.05, 0) is 48.9 Å². The Morgan fingerprint density at radius 3 is 2.38 bits per heavy atom. The molecule has 9 nitrogen and oxygen atoms in total. The van der Waals surface area contributed by atoms with Gasteiger partial charge in [-0.1, -0.05) is 29.8 Å². The Labute approximate surface area is 213 Å². The number of carbonyl (C=O) groups is 1. The highest BCUT2D eigenvalue weighted by molar-refractivity contribution is 5.95. The first kappa shape index (κ1) is 23.8.